The summed E-state index contributed by atoms with van der Waals surface area (Å²) in [5.41, 5.74) is 0.572. The molecule has 2 aromatic carbocycles. The molecule has 0 saturated carbocycles. The Balaban J connectivity index is 1.89. The van der Waals surface area contributed by atoms with Crippen molar-refractivity contribution in [3.05, 3.63) is 53.1 Å². The Morgan fingerprint density at radius 2 is 1.92 bits per heavy atom. The highest BCUT2D eigenvalue weighted by Gasteiger charge is 2.12. The first-order chi connectivity index (χ1) is 12.0. The minimum absolute atomic E-state index is 0.100. The first-order valence-electron chi connectivity index (χ1n) is 7.25. The first-order valence-corrected chi connectivity index (χ1v) is 7.63. The third-order valence-electron chi connectivity index (χ3n) is 3.13. The number of alkyl halides is 2. The molecule has 1 amide bonds. The number of carbonyl (C=O) groups excluding carboxylic acids is 1. The van der Waals surface area contributed by atoms with E-state index in [2.05, 4.69) is 10.1 Å². The predicted octanol–water partition coefficient (Wildman–Crippen LogP) is 3.65. The molecule has 0 atom stereocenters. The Bertz CT molecular complexity index is 728. The number of rotatable bonds is 8. The summed E-state index contributed by atoms with van der Waals surface area (Å²) in [6, 6.07) is 11.3. The van der Waals surface area contributed by atoms with E-state index in [9.17, 15) is 13.6 Å². The van der Waals surface area contributed by atoms with E-state index in [0.717, 1.165) is 0 Å². The molecule has 0 spiro atoms. The summed E-state index contributed by atoms with van der Waals surface area (Å²) >= 11 is 5.92. The minimum atomic E-state index is -2.97. The molecule has 0 aliphatic heterocycles. The molecule has 5 nitrogen and oxygen atoms in total. The van der Waals surface area contributed by atoms with Gasteiger partial charge in [0, 0.05) is 6.54 Å². The van der Waals surface area contributed by atoms with Crippen molar-refractivity contribution in [1.29, 1.82) is 0 Å². The van der Waals surface area contributed by atoms with Crippen LogP contribution in [0.1, 0.15) is 5.56 Å². The molecule has 0 radical (unpaired) electrons. The number of nitrogens with one attached hydrogen (secondary N) is 1. The molecular formula is C17H16ClF2NO4. The topological polar surface area (TPSA) is 56.8 Å². The number of hydrogen-bond donors (Lipinski definition) is 1. The molecule has 0 bridgehead atoms. The minimum Gasteiger partial charge on any atom is -0.493 e. The summed E-state index contributed by atoms with van der Waals surface area (Å²) in [6.07, 6.45) is 0. The van der Waals surface area contributed by atoms with Crippen molar-refractivity contribution < 1.29 is 27.8 Å². The largest absolute Gasteiger partial charge is 0.493 e. The molecule has 2 rings (SSSR count). The lowest BCUT2D eigenvalue weighted by Gasteiger charge is -2.12. The summed E-state index contributed by atoms with van der Waals surface area (Å²) in [5.74, 6) is 0.0949. The molecule has 0 aromatic heterocycles. The van der Waals surface area contributed by atoms with Crippen LogP contribution in [0.4, 0.5) is 8.78 Å². The summed E-state index contributed by atoms with van der Waals surface area (Å²) in [5, 5.41) is 3.02. The van der Waals surface area contributed by atoms with Crippen molar-refractivity contribution in [2.75, 3.05) is 13.7 Å². The third kappa shape index (κ3) is 5.79. The highest BCUT2D eigenvalue weighted by atomic mass is 35.5. The van der Waals surface area contributed by atoms with Gasteiger partial charge in [0.1, 0.15) is 5.75 Å². The van der Waals surface area contributed by atoms with Gasteiger partial charge in [-0.2, -0.15) is 8.78 Å². The summed E-state index contributed by atoms with van der Waals surface area (Å²) in [7, 11) is 1.35. The third-order valence-corrected chi connectivity index (χ3v) is 3.44. The summed E-state index contributed by atoms with van der Waals surface area (Å²) < 4.78 is 39.5. The van der Waals surface area contributed by atoms with Gasteiger partial charge in [0.2, 0.25) is 0 Å². The predicted molar refractivity (Wildman–Crippen MR) is 88.4 cm³/mol. The van der Waals surface area contributed by atoms with E-state index in [4.69, 9.17) is 21.1 Å². The fourth-order valence-corrected chi connectivity index (χ4v) is 2.17. The van der Waals surface area contributed by atoms with Crippen LogP contribution in [-0.2, 0) is 11.3 Å². The van der Waals surface area contributed by atoms with Crippen LogP contribution in [-0.4, -0.2) is 26.2 Å². The second-order valence-electron chi connectivity index (χ2n) is 4.86. The molecular weight excluding hydrogens is 356 g/mol. The van der Waals surface area contributed by atoms with Crippen LogP contribution >= 0.6 is 11.6 Å². The Hall–Kier alpha value is -2.54. The van der Waals surface area contributed by atoms with Crippen LogP contribution in [0.3, 0.4) is 0 Å². The maximum Gasteiger partial charge on any atom is 0.387 e. The Morgan fingerprint density at radius 3 is 2.60 bits per heavy atom. The van der Waals surface area contributed by atoms with Crippen LogP contribution in [0.2, 0.25) is 5.02 Å². The number of para-hydroxylation sites is 1. The van der Waals surface area contributed by atoms with Gasteiger partial charge in [0.25, 0.3) is 5.91 Å². The van der Waals surface area contributed by atoms with Crippen LogP contribution in [0.25, 0.3) is 0 Å². The number of halogens is 3. The van der Waals surface area contributed by atoms with Gasteiger partial charge in [-0.25, -0.2) is 0 Å². The van der Waals surface area contributed by atoms with Crippen molar-refractivity contribution >= 4 is 17.5 Å². The van der Waals surface area contributed by atoms with Gasteiger partial charge in [-0.1, -0.05) is 29.8 Å². The molecule has 0 saturated heterocycles. The normalized spacial score (nSPS) is 10.4. The standard InChI is InChI=1S/C17H16ClF2NO4/c1-23-14-7-6-11(8-15(14)25-17(19)20)9-21-16(22)10-24-13-5-3-2-4-12(13)18/h2-8,17H,9-10H2,1H3,(H,21,22). The van der Waals surface area contributed by atoms with E-state index in [0.29, 0.717) is 16.3 Å². The van der Waals surface area contributed by atoms with Gasteiger partial charge < -0.3 is 19.5 Å². The maximum absolute atomic E-state index is 12.4. The van der Waals surface area contributed by atoms with Crippen molar-refractivity contribution in [3.63, 3.8) is 0 Å². The molecule has 0 fully saturated rings. The van der Waals surface area contributed by atoms with Gasteiger partial charge in [-0.3, -0.25) is 4.79 Å². The van der Waals surface area contributed by atoms with E-state index in [1.54, 1.807) is 30.3 Å². The van der Waals surface area contributed by atoms with Crippen molar-refractivity contribution in [2.24, 2.45) is 0 Å². The molecule has 0 unspecified atom stereocenters. The van der Waals surface area contributed by atoms with Crippen LogP contribution < -0.4 is 19.5 Å². The highest BCUT2D eigenvalue weighted by Crippen LogP contribution is 2.29. The Morgan fingerprint density at radius 1 is 1.16 bits per heavy atom. The smallest absolute Gasteiger partial charge is 0.387 e. The number of carbonyl (C=O) groups is 1. The number of methoxy groups -OCH3 is 1. The van der Waals surface area contributed by atoms with Gasteiger partial charge >= 0.3 is 6.61 Å². The van der Waals surface area contributed by atoms with Crippen LogP contribution in [0.15, 0.2) is 42.5 Å². The molecule has 25 heavy (non-hydrogen) atoms. The number of benzene rings is 2. The number of amides is 1. The summed E-state index contributed by atoms with van der Waals surface area (Å²) in [6.45, 7) is -3.07. The van der Waals surface area contributed by atoms with Gasteiger partial charge in [0.15, 0.2) is 18.1 Å². The van der Waals surface area contributed by atoms with Crippen molar-refractivity contribution in [3.8, 4) is 17.2 Å². The fraction of sp³-hybridized carbons (Fsp3) is 0.235. The quantitative estimate of drug-likeness (QED) is 0.769. The molecule has 134 valence electrons. The SMILES string of the molecule is COc1ccc(CNC(=O)COc2ccccc2Cl)cc1OC(F)F. The van der Waals surface area contributed by atoms with E-state index in [1.807, 2.05) is 0 Å². The molecule has 1 N–H and O–H groups in total. The zero-order chi connectivity index (χ0) is 18.2. The zero-order valence-corrected chi connectivity index (χ0v) is 14.1. The number of ether oxygens (including phenoxy) is 3. The fourth-order valence-electron chi connectivity index (χ4n) is 1.98. The average Bonchev–Trinajstić information content (AvgIpc) is 2.59. The Kier molecular flexibility index (Phi) is 6.82. The number of hydrogen-bond acceptors (Lipinski definition) is 4. The van der Waals surface area contributed by atoms with E-state index in [1.165, 1.54) is 19.2 Å². The molecule has 8 heteroatoms. The molecule has 0 heterocycles. The molecule has 0 aliphatic rings. The maximum atomic E-state index is 12.4. The first kappa shape index (κ1) is 18.8. The van der Waals surface area contributed by atoms with Crippen molar-refractivity contribution in [2.45, 2.75) is 13.2 Å². The van der Waals surface area contributed by atoms with E-state index >= 15 is 0 Å². The lowest BCUT2D eigenvalue weighted by molar-refractivity contribution is -0.123. The van der Waals surface area contributed by atoms with E-state index in [-0.39, 0.29) is 30.6 Å². The molecule has 0 aliphatic carbocycles. The lowest BCUT2D eigenvalue weighted by atomic mass is 10.2. The zero-order valence-electron chi connectivity index (χ0n) is 13.3. The summed E-state index contributed by atoms with van der Waals surface area (Å²) in [4.78, 5) is 11.8. The Labute approximate surface area is 148 Å². The van der Waals surface area contributed by atoms with Crippen LogP contribution in [0, 0.1) is 0 Å². The lowest BCUT2D eigenvalue weighted by Crippen LogP contribution is -2.28. The van der Waals surface area contributed by atoms with E-state index < -0.39 is 6.61 Å². The second kappa shape index (κ2) is 9.08. The van der Waals surface area contributed by atoms with Gasteiger partial charge in [-0.05, 0) is 29.8 Å². The average molecular weight is 372 g/mol. The van der Waals surface area contributed by atoms with Gasteiger partial charge in [0.05, 0.1) is 12.1 Å². The van der Waals surface area contributed by atoms with Gasteiger partial charge in [-0.15, -0.1) is 0 Å². The van der Waals surface area contributed by atoms with Crippen LogP contribution in [0.5, 0.6) is 17.2 Å². The highest BCUT2D eigenvalue weighted by molar-refractivity contribution is 6.32. The molecule has 2 aromatic rings. The monoisotopic (exact) mass is 371 g/mol. The van der Waals surface area contributed by atoms with Crippen molar-refractivity contribution in [1.82, 2.24) is 5.32 Å². The second-order valence-corrected chi connectivity index (χ2v) is 5.27.